The number of rotatable bonds is 0. The van der Waals surface area contributed by atoms with Gasteiger partial charge < -0.3 is 5.11 Å². The summed E-state index contributed by atoms with van der Waals surface area (Å²) in [5, 5.41) is 7.83. The molecule has 1 nitrogen and oxygen atoms in total. The monoisotopic (exact) mass is 58.0 g/mol. The molecule has 2 radical (unpaired) electrons. The van der Waals surface area contributed by atoms with Crippen LogP contribution in [0.3, 0.4) is 0 Å². The normalized spacial score (nSPS) is 9.00. The second-order valence-electron chi connectivity index (χ2n) is 0.654. The van der Waals surface area contributed by atoms with E-state index in [0.717, 1.165) is 0 Å². The molecule has 0 atom stereocenters. The standard InChI is InChI=1S/C3H6O/c1-3(2)4/h3-4H,1-2H2. The van der Waals surface area contributed by atoms with Crippen LogP contribution in [0.2, 0.25) is 0 Å². The van der Waals surface area contributed by atoms with Gasteiger partial charge in [0.25, 0.3) is 0 Å². The Morgan fingerprint density at radius 2 is 1.50 bits per heavy atom. The zero-order valence-electron chi connectivity index (χ0n) is 2.44. The van der Waals surface area contributed by atoms with Gasteiger partial charge in [-0.25, -0.2) is 0 Å². The summed E-state index contributed by atoms with van der Waals surface area (Å²) < 4.78 is 0. The molecule has 0 saturated heterocycles. The Morgan fingerprint density at radius 1 is 1.50 bits per heavy atom. The van der Waals surface area contributed by atoms with Crippen molar-refractivity contribution in [3.63, 3.8) is 0 Å². The molecule has 0 fully saturated rings. The van der Waals surface area contributed by atoms with E-state index in [2.05, 4.69) is 13.8 Å². The lowest BCUT2D eigenvalue weighted by Crippen LogP contribution is -1.87. The van der Waals surface area contributed by atoms with Crippen LogP contribution in [0.4, 0.5) is 0 Å². The highest BCUT2D eigenvalue weighted by Gasteiger charge is 1.70. The van der Waals surface area contributed by atoms with Gasteiger partial charge in [-0.2, -0.15) is 0 Å². The van der Waals surface area contributed by atoms with Gasteiger partial charge in [-0.15, -0.1) is 0 Å². The summed E-state index contributed by atoms with van der Waals surface area (Å²) in [6.45, 7) is 6.17. The lowest BCUT2D eigenvalue weighted by Gasteiger charge is -1.79. The molecule has 0 aliphatic carbocycles. The van der Waals surface area contributed by atoms with Crippen LogP contribution < -0.4 is 0 Å². The van der Waals surface area contributed by atoms with Crippen LogP contribution in [-0.4, -0.2) is 11.2 Å². The van der Waals surface area contributed by atoms with E-state index >= 15 is 0 Å². The summed E-state index contributed by atoms with van der Waals surface area (Å²) in [6, 6.07) is 0. The fraction of sp³-hybridized carbons (Fsp3) is 0.333. The predicted octanol–water partition coefficient (Wildman–Crippen LogP) is 0.0155. The van der Waals surface area contributed by atoms with Crippen molar-refractivity contribution in [3.05, 3.63) is 13.8 Å². The second kappa shape index (κ2) is 1.30. The van der Waals surface area contributed by atoms with E-state index in [1.54, 1.807) is 0 Å². The van der Waals surface area contributed by atoms with E-state index in [1.165, 1.54) is 0 Å². The average molecular weight is 58.1 g/mol. The first-order valence-corrected chi connectivity index (χ1v) is 1.07. The molecule has 0 unspecified atom stereocenters. The summed E-state index contributed by atoms with van der Waals surface area (Å²) >= 11 is 0. The van der Waals surface area contributed by atoms with Gasteiger partial charge in [-0.3, -0.25) is 0 Å². The maximum atomic E-state index is 7.83. The third-order valence-corrected chi connectivity index (χ3v) is 0. The van der Waals surface area contributed by atoms with E-state index in [9.17, 15) is 0 Å². The highest BCUT2D eigenvalue weighted by Crippen LogP contribution is 1.62. The van der Waals surface area contributed by atoms with Crippen LogP contribution in [0.5, 0.6) is 0 Å². The zero-order chi connectivity index (χ0) is 3.58. The molecule has 0 bridgehead atoms. The number of aliphatic hydroxyl groups excluding tert-OH is 1. The predicted molar refractivity (Wildman–Crippen MR) is 16.7 cm³/mol. The largest absolute Gasteiger partial charge is 0.393 e. The van der Waals surface area contributed by atoms with Crippen LogP contribution >= 0.6 is 0 Å². The minimum Gasteiger partial charge on any atom is -0.393 e. The highest BCUT2D eigenvalue weighted by molar-refractivity contribution is 4.54. The third-order valence-electron chi connectivity index (χ3n) is 0. The summed E-state index contributed by atoms with van der Waals surface area (Å²) in [5.41, 5.74) is 0. The van der Waals surface area contributed by atoms with Crippen LogP contribution in [-0.2, 0) is 0 Å². The molecule has 24 valence electrons. The Hall–Kier alpha value is -0.0400. The second-order valence-corrected chi connectivity index (χ2v) is 0.654. The Kier molecular flexibility index (Phi) is 1.28. The first kappa shape index (κ1) is 3.96. The first-order valence-electron chi connectivity index (χ1n) is 1.07. The molecule has 0 aromatic heterocycles. The summed E-state index contributed by atoms with van der Waals surface area (Å²) in [4.78, 5) is 0. The van der Waals surface area contributed by atoms with Crippen molar-refractivity contribution in [3.8, 4) is 0 Å². The smallest absolute Gasteiger partial charge is 0.0542 e. The van der Waals surface area contributed by atoms with Gasteiger partial charge >= 0.3 is 0 Å². The van der Waals surface area contributed by atoms with E-state index in [-0.39, 0.29) is 0 Å². The van der Waals surface area contributed by atoms with Gasteiger partial charge in [0.05, 0.1) is 6.10 Å². The minimum absolute atomic E-state index is 0.667. The summed E-state index contributed by atoms with van der Waals surface area (Å²) in [6.07, 6.45) is -0.667. The molecule has 0 aromatic rings. The third kappa shape index (κ3) is 1130. The zero-order valence-corrected chi connectivity index (χ0v) is 2.44. The summed E-state index contributed by atoms with van der Waals surface area (Å²) in [5.74, 6) is 0. The lowest BCUT2D eigenvalue weighted by atomic mass is 10.5. The van der Waals surface area contributed by atoms with E-state index in [0.29, 0.717) is 0 Å². The van der Waals surface area contributed by atoms with Gasteiger partial charge in [0.15, 0.2) is 0 Å². The molecule has 4 heavy (non-hydrogen) atoms. The van der Waals surface area contributed by atoms with Crippen molar-refractivity contribution >= 4 is 0 Å². The Labute approximate surface area is 26.3 Å². The molecule has 0 aliphatic rings. The summed E-state index contributed by atoms with van der Waals surface area (Å²) in [7, 11) is 0. The highest BCUT2D eigenvalue weighted by atomic mass is 16.3. The fourth-order valence-electron chi connectivity index (χ4n) is 0. The van der Waals surface area contributed by atoms with Crippen LogP contribution in [0.25, 0.3) is 0 Å². The Bertz CT molecular complexity index is 8.00. The number of aliphatic hydroxyl groups is 1. The lowest BCUT2D eigenvalue weighted by molar-refractivity contribution is 0.267. The molecule has 0 spiro atoms. The Balaban J connectivity index is 2.32. The van der Waals surface area contributed by atoms with Gasteiger partial charge in [-0.1, -0.05) is 0 Å². The molecule has 0 heterocycles. The average Bonchev–Trinajstić information content (AvgIpc) is 0.811. The Morgan fingerprint density at radius 3 is 1.50 bits per heavy atom. The van der Waals surface area contributed by atoms with Crippen LogP contribution in [0.1, 0.15) is 0 Å². The molecule has 1 heteroatoms. The molecule has 0 aromatic carbocycles. The van der Waals surface area contributed by atoms with Gasteiger partial charge in [0, 0.05) is 0 Å². The molecular formula is C3H6O. The van der Waals surface area contributed by atoms with Crippen molar-refractivity contribution < 1.29 is 5.11 Å². The number of hydrogen-bond acceptors (Lipinski definition) is 1. The number of hydrogen-bond donors (Lipinski definition) is 1. The minimum atomic E-state index is -0.667. The van der Waals surface area contributed by atoms with Crippen molar-refractivity contribution in [1.82, 2.24) is 0 Å². The molecule has 0 rings (SSSR count). The SMILES string of the molecule is [CH2]C([CH2])O. The first-order chi connectivity index (χ1) is 1.73. The van der Waals surface area contributed by atoms with Crippen molar-refractivity contribution in [2.24, 2.45) is 0 Å². The van der Waals surface area contributed by atoms with Gasteiger partial charge in [0.1, 0.15) is 0 Å². The van der Waals surface area contributed by atoms with Crippen molar-refractivity contribution in [2.45, 2.75) is 6.10 Å². The van der Waals surface area contributed by atoms with E-state index < -0.39 is 6.10 Å². The van der Waals surface area contributed by atoms with Gasteiger partial charge in [0.2, 0.25) is 0 Å². The molecule has 0 aliphatic heterocycles. The molecule has 0 amide bonds. The van der Waals surface area contributed by atoms with Crippen LogP contribution in [0.15, 0.2) is 0 Å². The van der Waals surface area contributed by atoms with E-state index in [4.69, 9.17) is 5.11 Å². The molecule has 0 saturated carbocycles. The van der Waals surface area contributed by atoms with Gasteiger partial charge in [-0.05, 0) is 13.8 Å². The van der Waals surface area contributed by atoms with Crippen LogP contribution in [0, 0.1) is 13.8 Å². The maximum absolute atomic E-state index is 7.83. The van der Waals surface area contributed by atoms with Crippen molar-refractivity contribution in [2.75, 3.05) is 0 Å². The quantitative estimate of drug-likeness (QED) is 0.416. The maximum Gasteiger partial charge on any atom is 0.0542 e. The molecule has 1 N–H and O–H groups in total. The molecular weight excluding hydrogens is 52.0 g/mol. The van der Waals surface area contributed by atoms with Crippen molar-refractivity contribution in [1.29, 1.82) is 0 Å². The fourth-order valence-corrected chi connectivity index (χ4v) is 0. The topological polar surface area (TPSA) is 20.2 Å². The van der Waals surface area contributed by atoms with E-state index in [1.807, 2.05) is 0 Å².